The molecule has 0 bridgehead atoms. The van der Waals surface area contributed by atoms with Crippen molar-refractivity contribution in [2.45, 2.75) is 26.2 Å². The molecular weight excluding hydrogens is 344 g/mol. The van der Waals surface area contributed by atoms with Crippen LogP contribution in [0.4, 0.5) is 0 Å². The van der Waals surface area contributed by atoms with Gasteiger partial charge in [0.25, 0.3) is 5.56 Å². The predicted octanol–water partition coefficient (Wildman–Crippen LogP) is 5.53. The van der Waals surface area contributed by atoms with Gasteiger partial charge in [0.2, 0.25) is 0 Å². The summed E-state index contributed by atoms with van der Waals surface area (Å²) in [6.07, 6.45) is 0. The van der Waals surface area contributed by atoms with E-state index in [2.05, 4.69) is 25.8 Å². The van der Waals surface area contributed by atoms with Gasteiger partial charge in [-0.15, -0.1) is 0 Å². The molecule has 0 fully saturated rings. The minimum absolute atomic E-state index is 0.0409. The zero-order chi connectivity index (χ0) is 18.9. The Morgan fingerprint density at radius 1 is 0.962 bits per heavy atom. The number of hydrogen-bond donors (Lipinski definition) is 1. The quantitative estimate of drug-likeness (QED) is 0.651. The summed E-state index contributed by atoms with van der Waals surface area (Å²) in [5.41, 5.74) is 3.92. The summed E-state index contributed by atoms with van der Waals surface area (Å²) in [4.78, 5) is 15.2. The van der Waals surface area contributed by atoms with Crippen molar-refractivity contribution in [2.75, 3.05) is 0 Å². The zero-order valence-corrected chi connectivity index (χ0v) is 15.7. The number of pyridine rings is 1. The van der Waals surface area contributed by atoms with Crippen LogP contribution in [0.2, 0.25) is 5.02 Å². The molecule has 0 unspecified atom stereocenters. The fraction of sp³-hybridized carbons (Fsp3) is 0.182. The lowest BCUT2D eigenvalue weighted by atomic mass is 9.86. The Morgan fingerprint density at radius 2 is 1.54 bits per heavy atom. The van der Waals surface area contributed by atoms with Gasteiger partial charge < -0.3 is 4.98 Å². The molecule has 2 aromatic carbocycles. The second kappa shape index (κ2) is 6.82. The number of H-pyrrole nitrogens is 1. The first kappa shape index (κ1) is 18.0. The molecule has 3 nitrogen and oxygen atoms in total. The highest BCUT2D eigenvalue weighted by Crippen LogP contribution is 2.29. The summed E-state index contributed by atoms with van der Waals surface area (Å²) in [5, 5.41) is 10.1. The van der Waals surface area contributed by atoms with Crippen LogP contribution in [0.5, 0.6) is 0 Å². The Balaban J connectivity index is 2.15. The molecule has 0 aliphatic carbocycles. The Morgan fingerprint density at radius 3 is 2.08 bits per heavy atom. The fourth-order valence-corrected chi connectivity index (χ4v) is 2.96. The standard InChI is InChI=1S/C22H19ClN2O/c1-22(2,3)16-8-4-14(5-9-16)18-12-20(25-21(26)19(18)13-24)15-6-10-17(23)11-7-15/h4-12H,1-3H3,(H,25,26). The van der Waals surface area contributed by atoms with Gasteiger partial charge in [-0.1, -0.05) is 68.8 Å². The van der Waals surface area contributed by atoms with Crippen molar-refractivity contribution in [3.8, 4) is 28.5 Å². The van der Waals surface area contributed by atoms with Gasteiger partial charge in [0, 0.05) is 16.3 Å². The number of benzene rings is 2. The highest BCUT2D eigenvalue weighted by molar-refractivity contribution is 6.30. The molecule has 3 rings (SSSR count). The Labute approximate surface area is 157 Å². The maximum Gasteiger partial charge on any atom is 0.266 e. The fourth-order valence-electron chi connectivity index (χ4n) is 2.83. The molecular formula is C22H19ClN2O. The number of halogens is 1. The summed E-state index contributed by atoms with van der Waals surface area (Å²) < 4.78 is 0. The molecule has 1 aromatic heterocycles. The Hall–Kier alpha value is -2.83. The second-order valence-corrected chi connectivity index (χ2v) is 7.68. The zero-order valence-electron chi connectivity index (χ0n) is 14.9. The normalized spacial score (nSPS) is 11.2. The summed E-state index contributed by atoms with van der Waals surface area (Å²) in [6, 6.07) is 19.1. The summed E-state index contributed by atoms with van der Waals surface area (Å²) >= 11 is 5.94. The third-order valence-corrected chi connectivity index (χ3v) is 4.61. The third-order valence-electron chi connectivity index (χ3n) is 4.36. The second-order valence-electron chi connectivity index (χ2n) is 7.25. The van der Waals surface area contributed by atoms with Crippen molar-refractivity contribution < 1.29 is 0 Å². The van der Waals surface area contributed by atoms with E-state index < -0.39 is 5.56 Å². The van der Waals surface area contributed by atoms with Crippen LogP contribution in [-0.4, -0.2) is 4.98 Å². The summed E-state index contributed by atoms with van der Waals surface area (Å²) in [6.45, 7) is 6.44. The molecule has 0 atom stereocenters. The van der Waals surface area contributed by atoms with Crippen LogP contribution in [0.15, 0.2) is 59.4 Å². The first-order valence-electron chi connectivity index (χ1n) is 8.34. The van der Waals surface area contributed by atoms with Crippen LogP contribution >= 0.6 is 11.6 Å². The number of nitrogens with zero attached hydrogens (tertiary/aromatic N) is 1. The van der Waals surface area contributed by atoms with E-state index in [0.29, 0.717) is 16.3 Å². The molecule has 4 heteroatoms. The molecule has 1 N–H and O–H groups in total. The average Bonchev–Trinajstić information content (AvgIpc) is 2.61. The number of nitrogens with one attached hydrogen (secondary N) is 1. The van der Waals surface area contributed by atoms with E-state index >= 15 is 0 Å². The van der Waals surface area contributed by atoms with Crippen LogP contribution in [0, 0.1) is 11.3 Å². The van der Waals surface area contributed by atoms with Gasteiger partial charge in [0.15, 0.2) is 0 Å². The first-order valence-corrected chi connectivity index (χ1v) is 8.71. The van der Waals surface area contributed by atoms with Crippen molar-refractivity contribution in [3.05, 3.63) is 81.1 Å². The lowest BCUT2D eigenvalue weighted by molar-refractivity contribution is 0.590. The molecule has 0 amide bonds. The summed E-state index contributed by atoms with van der Waals surface area (Å²) in [5.74, 6) is 0. The largest absolute Gasteiger partial charge is 0.321 e. The van der Waals surface area contributed by atoms with Gasteiger partial charge in [-0.25, -0.2) is 0 Å². The van der Waals surface area contributed by atoms with Crippen molar-refractivity contribution in [3.63, 3.8) is 0 Å². The van der Waals surface area contributed by atoms with Gasteiger partial charge >= 0.3 is 0 Å². The molecule has 0 aliphatic heterocycles. The molecule has 130 valence electrons. The molecule has 26 heavy (non-hydrogen) atoms. The van der Waals surface area contributed by atoms with Gasteiger partial charge in [0.05, 0.1) is 0 Å². The van der Waals surface area contributed by atoms with E-state index in [1.165, 1.54) is 5.56 Å². The molecule has 0 saturated carbocycles. The predicted molar refractivity (Wildman–Crippen MR) is 106 cm³/mol. The van der Waals surface area contributed by atoms with Crippen molar-refractivity contribution >= 4 is 11.6 Å². The van der Waals surface area contributed by atoms with Gasteiger partial charge in [-0.05, 0) is 40.3 Å². The van der Waals surface area contributed by atoms with Crippen molar-refractivity contribution in [1.82, 2.24) is 4.98 Å². The molecule has 1 heterocycles. The van der Waals surface area contributed by atoms with E-state index in [-0.39, 0.29) is 11.0 Å². The van der Waals surface area contributed by atoms with Gasteiger partial charge in [-0.3, -0.25) is 4.79 Å². The number of nitriles is 1. The maximum absolute atomic E-state index is 12.4. The van der Waals surface area contributed by atoms with Crippen LogP contribution in [0.1, 0.15) is 31.9 Å². The minimum Gasteiger partial charge on any atom is -0.321 e. The number of rotatable bonds is 2. The topological polar surface area (TPSA) is 56.6 Å². The lowest BCUT2D eigenvalue weighted by Gasteiger charge is -2.19. The first-order chi connectivity index (χ1) is 12.3. The Bertz CT molecular complexity index is 1030. The van der Waals surface area contributed by atoms with Crippen molar-refractivity contribution in [2.24, 2.45) is 0 Å². The third kappa shape index (κ3) is 3.56. The van der Waals surface area contributed by atoms with Gasteiger partial charge in [-0.2, -0.15) is 5.26 Å². The minimum atomic E-state index is -0.394. The molecule has 0 aliphatic rings. The number of aromatic nitrogens is 1. The van der Waals surface area contributed by atoms with E-state index in [1.807, 2.05) is 48.5 Å². The Kier molecular flexibility index (Phi) is 4.71. The monoisotopic (exact) mass is 362 g/mol. The van der Waals surface area contributed by atoms with Crippen LogP contribution in [0.3, 0.4) is 0 Å². The van der Waals surface area contributed by atoms with Crippen LogP contribution in [0.25, 0.3) is 22.4 Å². The molecule has 3 aromatic rings. The van der Waals surface area contributed by atoms with Crippen molar-refractivity contribution in [1.29, 1.82) is 5.26 Å². The molecule has 0 saturated heterocycles. The highest BCUT2D eigenvalue weighted by Gasteiger charge is 2.16. The number of aromatic amines is 1. The number of hydrogen-bond acceptors (Lipinski definition) is 2. The van der Waals surface area contributed by atoms with Crippen LogP contribution < -0.4 is 5.56 Å². The maximum atomic E-state index is 12.4. The molecule has 0 spiro atoms. The van der Waals surface area contributed by atoms with E-state index in [0.717, 1.165) is 11.1 Å². The highest BCUT2D eigenvalue weighted by atomic mass is 35.5. The average molecular weight is 363 g/mol. The van der Waals surface area contributed by atoms with E-state index in [4.69, 9.17) is 11.6 Å². The lowest BCUT2D eigenvalue weighted by Crippen LogP contribution is -2.13. The van der Waals surface area contributed by atoms with Gasteiger partial charge in [0.1, 0.15) is 11.6 Å². The molecule has 0 radical (unpaired) electrons. The SMILES string of the molecule is CC(C)(C)c1ccc(-c2cc(-c3ccc(Cl)cc3)[nH]c(=O)c2C#N)cc1. The smallest absolute Gasteiger partial charge is 0.266 e. The van der Waals surface area contributed by atoms with Crippen LogP contribution in [-0.2, 0) is 5.41 Å². The van der Waals surface area contributed by atoms with E-state index in [1.54, 1.807) is 12.1 Å². The summed E-state index contributed by atoms with van der Waals surface area (Å²) in [7, 11) is 0. The van der Waals surface area contributed by atoms with E-state index in [9.17, 15) is 10.1 Å².